The monoisotopic (exact) mass is 176 g/mol. The predicted octanol–water partition coefficient (Wildman–Crippen LogP) is 1.14. The van der Waals surface area contributed by atoms with Gasteiger partial charge in [0.15, 0.2) is 0 Å². The maximum Gasteiger partial charge on any atom is 0.0208 e. The summed E-state index contributed by atoms with van der Waals surface area (Å²) in [5.74, 6) is 0. The van der Waals surface area contributed by atoms with Crippen LogP contribution in [0.25, 0.3) is 0 Å². The van der Waals surface area contributed by atoms with Gasteiger partial charge in [0.1, 0.15) is 0 Å². The number of hydrogen-bond acceptors (Lipinski definition) is 2. The Balaban J connectivity index is 1.79. The van der Waals surface area contributed by atoms with E-state index in [1.54, 1.807) is 0 Å². The second-order valence-electron chi connectivity index (χ2n) is 3.56. The Morgan fingerprint density at radius 3 is 2.85 bits per heavy atom. The van der Waals surface area contributed by atoms with Gasteiger partial charge in [0.2, 0.25) is 0 Å². The van der Waals surface area contributed by atoms with Crippen molar-refractivity contribution in [2.75, 3.05) is 13.1 Å². The van der Waals surface area contributed by atoms with Crippen molar-refractivity contribution in [2.24, 2.45) is 0 Å². The highest BCUT2D eigenvalue weighted by atomic mass is 15.0. The van der Waals surface area contributed by atoms with E-state index in [0.717, 1.165) is 19.6 Å². The second kappa shape index (κ2) is 4.40. The molecule has 0 radical (unpaired) electrons. The van der Waals surface area contributed by atoms with Crippen molar-refractivity contribution in [1.29, 1.82) is 0 Å². The van der Waals surface area contributed by atoms with Gasteiger partial charge in [0.25, 0.3) is 0 Å². The Hall–Kier alpha value is -0.860. The summed E-state index contributed by atoms with van der Waals surface area (Å²) in [6, 6.07) is 11.2. The first kappa shape index (κ1) is 8.73. The van der Waals surface area contributed by atoms with E-state index in [4.69, 9.17) is 0 Å². The minimum Gasteiger partial charge on any atom is -0.315 e. The van der Waals surface area contributed by atoms with Crippen molar-refractivity contribution < 1.29 is 0 Å². The third kappa shape index (κ3) is 2.54. The Morgan fingerprint density at radius 1 is 1.31 bits per heavy atom. The van der Waals surface area contributed by atoms with Gasteiger partial charge in [-0.2, -0.15) is 0 Å². The van der Waals surface area contributed by atoms with E-state index < -0.39 is 0 Å². The van der Waals surface area contributed by atoms with Gasteiger partial charge in [-0.3, -0.25) is 0 Å². The summed E-state index contributed by atoms with van der Waals surface area (Å²) < 4.78 is 0. The van der Waals surface area contributed by atoms with Crippen LogP contribution in [0.1, 0.15) is 12.0 Å². The third-order valence-corrected chi connectivity index (χ3v) is 2.50. The highest BCUT2D eigenvalue weighted by Crippen LogP contribution is 2.01. The molecule has 1 heterocycles. The van der Waals surface area contributed by atoms with Crippen LogP contribution in [0.15, 0.2) is 30.3 Å². The number of benzene rings is 1. The number of rotatable bonds is 3. The summed E-state index contributed by atoms with van der Waals surface area (Å²) in [5.41, 5.74) is 1.37. The van der Waals surface area contributed by atoms with Crippen molar-refractivity contribution in [3.63, 3.8) is 0 Å². The van der Waals surface area contributed by atoms with Crippen LogP contribution >= 0.6 is 0 Å². The standard InChI is InChI=1S/C11H16N2/c1-2-4-10(5-3-1)8-13-11-6-7-12-9-11/h1-5,11-13H,6-9H2. The van der Waals surface area contributed by atoms with Crippen LogP contribution in [-0.4, -0.2) is 19.1 Å². The molecule has 1 saturated heterocycles. The molecule has 0 aliphatic carbocycles. The van der Waals surface area contributed by atoms with Crippen LogP contribution in [0.2, 0.25) is 0 Å². The number of nitrogens with one attached hydrogen (secondary N) is 2. The average Bonchev–Trinajstić information content (AvgIpc) is 2.69. The molecule has 1 aliphatic rings. The Morgan fingerprint density at radius 2 is 2.15 bits per heavy atom. The molecule has 1 fully saturated rings. The fraction of sp³-hybridized carbons (Fsp3) is 0.455. The lowest BCUT2D eigenvalue weighted by Gasteiger charge is -2.10. The van der Waals surface area contributed by atoms with E-state index in [2.05, 4.69) is 41.0 Å². The predicted molar refractivity (Wildman–Crippen MR) is 54.6 cm³/mol. The summed E-state index contributed by atoms with van der Waals surface area (Å²) in [6.07, 6.45) is 1.26. The molecule has 0 bridgehead atoms. The molecule has 1 aromatic rings. The van der Waals surface area contributed by atoms with Crippen LogP contribution in [0, 0.1) is 0 Å². The van der Waals surface area contributed by atoms with Crippen molar-refractivity contribution in [3.05, 3.63) is 35.9 Å². The normalized spacial score (nSPS) is 22.0. The van der Waals surface area contributed by atoms with Gasteiger partial charge in [0.05, 0.1) is 0 Å². The zero-order chi connectivity index (χ0) is 8.93. The van der Waals surface area contributed by atoms with Gasteiger partial charge in [-0.1, -0.05) is 30.3 Å². The minimum absolute atomic E-state index is 0.667. The fourth-order valence-electron chi connectivity index (χ4n) is 1.69. The molecule has 1 aromatic carbocycles. The van der Waals surface area contributed by atoms with E-state index in [1.165, 1.54) is 12.0 Å². The number of hydrogen-bond donors (Lipinski definition) is 2. The van der Waals surface area contributed by atoms with Gasteiger partial charge in [-0.05, 0) is 18.5 Å². The first-order valence-corrected chi connectivity index (χ1v) is 4.93. The SMILES string of the molecule is c1ccc(CNC2CCNC2)cc1. The Bertz CT molecular complexity index is 240. The van der Waals surface area contributed by atoms with Crippen LogP contribution in [0.3, 0.4) is 0 Å². The van der Waals surface area contributed by atoms with Crippen molar-refractivity contribution >= 4 is 0 Å². The average molecular weight is 176 g/mol. The molecule has 1 unspecified atom stereocenters. The first-order chi connectivity index (χ1) is 6.45. The van der Waals surface area contributed by atoms with Crippen LogP contribution in [0.4, 0.5) is 0 Å². The third-order valence-electron chi connectivity index (χ3n) is 2.50. The lowest BCUT2D eigenvalue weighted by Crippen LogP contribution is -2.30. The van der Waals surface area contributed by atoms with Crippen LogP contribution in [-0.2, 0) is 6.54 Å². The van der Waals surface area contributed by atoms with Gasteiger partial charge < -0.3 is 10.6 Å². The van der Waals surface area contributed by atoms with Crippen molar-refractivity contribution in [3.8, 4) is 0 Å². The van der Waals surface area contributed by atoms with E-state index in [-0.39, 0.29) is 0 Å². The smallest absolute Gasteiger partial charge is 0.0208 e. The summed E-state index contributed by atoms with van der Waals surface area (Å²) in [7, 11) is 0. The summed E-state index contributed by atoms with van der Waals surface area (Å²) in [5, 5.41) is 6.88. The zero-order valence-corrected chi connectivity index (χ0v) is 7.79. The van der Waals surface area contributed by atoms with E-state index in [9.17, 15) is 0 Å². The molecule has 1 aliphatic heterocycles. The topological polar surface area (TPSA) is 24.1 Å². The Kier molecular flexibility index (Phi) is 2.95. The Labute approximate surface area is 79.4 Å². The van der Waals surface area contributed by atoms with Gasteiger partial charge in [0, 0.05) is 19.1 Å². The van der Waals surface area contributed by atoms with Crippen molar-refractivity contribution in [2.45, 2.75) is 19.0 Å². The molecule has 0 spiro atoms. The molecule has 1 atom stereocenters. The second-order valence-corrected chi connectivity index (χ2v) is 3.56. The molecular formula is C11H16N2. The molecule has 0 aromatic heterocycles. The van der Waals surface area contributed by atoms with Crippen LogP contribution < -0.4 is 10.6 Å². The lowest BCUT2D eigenvalue weighted by atomic mass is 10.2. The zero-order valence-electron chi connectivity index (χ0n) is 7.79. The highest BCUT2D eigenvalue weighted by molar-refractivity contribution is 5.14. The summed E-state index contributed by atoms with van der Waals surface area (Å²) in [6.45, 7) is 3.27. The molecule has 2 nitrogen and oxygen atoms in total. The van der Waals surface area contributed by atoms with Gasteiger partial charge in [-0.15, -0.1) is 0 Å². The molecule has 2 rings (SSSR count). The maximum absolute atomic E-state index is 3.54. The first-order valence-electron chi connectivity index (χ1n) is 4.93. The van der Waals surface area contributed by atoms with Gasteiger partial charge in [-0.25, -0.2) is 0 Å². The summed E-state index contributed by atoms with van der Waals surface area (Å²) >= 11 is 0. The molecule has 0 amide bonds. The minimum atomic E-state index is 0.667. The quantitative estimate of drug-likeness (QED) is 0.721. The molecule has 2 N–H and O–H groups in total. The van der Waals surface area contributed by atoms with Crippen LogP contribution in [0.5, 0.6) is 0 Å². The molecule has 70 valence electrons. The molecule has 2 heteroatoms. The van der Waals surface area contributed by atoms with Gasteiger partial charge >= 0.3 is 0 Å². The fourth-order valence-corrected chi connectivity index (χ4v) is 1.69. The van der Waals surface area contributed by atoms with E-state index in [0.29, 0.717) is 6.04 Å². The maximum atomic E-state index is 3.54. The molecular weight excluding hydrogens is 160 g/mol. The van der Waals surface area contributed by atoms with Crippen molar-refractivity contribution in [1.82, 2.24) is 10.6 Å². The summed E-state index contributed by atoms with van der Waals surface area (Å²) in [4.78, 5) is 0. The highest BCUT2D eigenvalue weighted by Gasteiger charge is 2.12. The molecule has 0 saturated carbocycles. The lowest BCUT2D eigenvalue weighted by molar-refractivity contribution is 0.547. The molecule has 13 heavy (non-hydrogen) atoms. The largest absolute Gasteiger partial charge is 0.315 e. The van der Waals surface area contributed by atoms with E-state index >= 15 is 0 Å². The van der Waals surface area contributed by atoms with E-state index in [1.807, 2.05) is 0 Å².